The molecule has 1 saturated heterocycles. The lowest BCUT2D eigenvalue weighted by atomic mass is 9.93. The third kappa shape index (κ3) is 13.1. The molecule has 252 valence electrons. The maximum absolute atomic E-state index is 13.9. The lowest BCUT2D eigenvalue weighted by Crippen LogP contribution is -2.61. The highest BCUT2D eigenvalue weighted by atomic mass is 35.5. The van der Waals surface area contributed by atoms with Gasteiger partial charge in [-0.15, -0.1) is 0 Å². The topological polar surface area (TPSA) is 114 Å². The van der Waals surface area contributed by atoms with Crippen molar-refractivity contribution in [3.8, 4) is 0 Å². The molecular formula is C34H52Cl4N6O. The second-order valence-electron chi connectivity index (χ2n) is 12.9. The van der Waals surface area contributed by atoms with Crippen molar-refractivity contribution >= 4 is 52.3 Å². The lowest BCUT2D eigenvalue weighted by Gasteiger charge is -2.48. The van der Waals surface area contributed by atoms with Crippen LogP contribution in [0.25, 0.3) is 0 Å². The van der Waals surface area contributed by atoms with Gasteiger partial charge in [-0.3, -0.25) is 9.69 Å². The third-order valence-electron chi connectivity index (χ3n) is 8.55. The molecule has 2 aromatic rings. The van der Waals surface area contributed by atoms with E-state index in [2.05, 4.69) is 29.0 Å². The molecule has 1 fully saturated rings. The van der Waals surface area contributed by atoms with Crippen molar-refractivity contribution in [2.45, 2.75) is 89.4 Å². The fourth-order valence-electron chi connectivity index (χ4n) is 6.25. The van der Waals surface area contributed by atoms with Gasteiger partial charge in [0.25, 0.3) is 0 Å². The first-order valence-electron chi connectivity index (χ1n) is 16.3. The lowest BCUT2D eigenvalue weighted by molar-refractivity contribution is -0.139. The summed E-state index contributed by atoms with van der Waals surface area (Å²) in [6, 6.07) is 11.0. The van der Waals surface area contributed by atoms with Gasteiger partial charge < -0.3 is 27.4 Å². The Morgan fingerprint density at radius 1 is 0.889 bits per heavy atom. The zero-order chi connectivity index (χ0) is 32.9. The van der Waals surface area contributed by atoms with Crippen LogP contribution in [0.4, 0.5) is 0 Å². The van der Waals surface area contributed by atoms with Crippen LogP contribution in [0.5, 0.6) is 0 Å². The Morgan fingerprint density at radius 3 is 2.09 bits per heavy atom. The summed E-state index contributed by atoms with van der Waals surface area (Å²) in [6.07, 6.45) is 6.39. The van der Waals surface area contributed by atoms with Crippen LogP contribution >= 0.6 is 46.4 Å². The molecule has 1 heterocycles. The maximum Gasteiger partial charge on any atom is 0.224 e. The van der Waals surface area contributed by atoms with E-state index in [4.69, 9.17) is 63.6 Å². The van der Waals surface area contributed by atoms with E-state index < -0.39 is 0 Å². The number of halogens is 4. The molecule has 7 N–H and O–H groups in total. The summed E-state index contributed by atoms with van der Waals surface area (Å²) >= 11 is 25.0. The number of rotatable bonds is 18. The van der Waals surface area contributed by atoms with Gasteiger partial charge in [0.15, 0.2) is 0 Å². The highest BCUT2D eigenvalue weighted by molar-refractivity contribution is 6.35. The summed E-state index contributed by atoms with van der Waals surface area (Å²) < 4.78 is 0. The van der Waals surface area contributed by atoms with E-state index in [0.717, 1.165) is 69.4 Å². The molecule has 2 aromatic carbocycles. The number of nitrogens with two attached hydrogens (primary N) is 3. The van der Waals surface area contributed by atoms with E-state index in [1.54, 1.807) is 18.2 Å². The van der Waals surface area contributed by atoms with Crippen LogP contribution in [0.15, 0.2) is 36.4 Å². The minimum absolute atomic E-state index is 0.0364. The Hall–Kier alpha value is -1.13. The minimum atomic E-state index is -0.335. The quantitative estimate of drug-likeness (QED) is 0.138. The van der Waals surface area contributed by atoms with Gasteiger partial charge in [-0.2, -0.15) is 0 Å². The van der Waals surface area contributed by atoms with Crippen LogP contribution in [0, 0.1) is 5.92 Å². The normalized spacial score (nSPS) is 18.8. The average molecular weight is 703 g/mol. The van der Waals surface area contributed by atoms with Crippen molar-refractivity contribution in [3.63, 3.8) is 0 Å². The monoisotopic (exact) mass is 700 g/mol. The summed E-state index contributed by atoms with van der Waals surface area (Å²) in [7, 11) is 0. The van der Waals surface area contributed by atoms with E-state index in [9.17, 15) is 4.79 Å². The van der Waals surface area contributed by atoms with Gasteiger partial charge in [-0.1, -0.05) is 78.8 Å². The number of carbonyl (C=O) groups excluding carboxylic acids is 1. The summed E-state index contributed by atoms with van der Waals surface area (Å²) in [4.78, 5) is 18.6. The standard InChI is InChI=1S/C34H52Cl4N6O/c1-23(2)15-31-21-43(14-10-28(40)16-24-6-8-26(35)18-32(24)37)30(5-3-4-12-42-13-11-39)22-44(31)34(45)20-29(41)17-25-7-9-27(36)19-33(25)38/h6-9,18-19,23,28-31,42H,3-5,10-17,20-22,39-41H2,1-2H3/t28-,29-,30+,31-/m1/s1. The van der Waals surface area contributed by atoms with E-state index in [1.165, 1.54) is 0 Å². The fourth-order valence-corrected chi connectivity index (χ4v) is 7.22. The molecule has 3 rings (SSSR count). The minimum Gasteiger partial charge on any atom is -0.337 e. The average Bonchev–Trinajstić information content (AvgIpc) is 2.97. The zero-order valence-electron chi connectivity index (χ0n) is 26.8. The van der Waals surface area contributed by atoms with E-state index in [1.807, 2.05) is 18.2 Å². The molecule has 0 unspecified atom stereocenters. The van der Waals surface area contributed by atoms with Crippen LogP contribution in [0.2, 0.25) is 20.1 Å². The summed E-state index contributed by atoms with van der Waals surface area (Å²) in [5.41, 5.74) is 20.7. The second kappa shape index (κ2) is 19.6. The Morgan fingerprint density at radius 2 is 1.51 bits per heavy atom. The molecule has 0 saturated carbocycles. The zero-order valence-corrected chi connectivity index (χ0v) is 29.8. The molecule has 7 nitrogen and oxygen atoms in total. The maximum atomic E-state index is 13.9. The molecule has 0 aromatic heterocycles. The number of hydrogen-bond acceptors (Lipinski definition) is 6. The molecule has 0 spiro atoms. The molecule has 1 aliphatic rings. The molecule has 0 bridgehead atoms. The van der Waals surface area contributed by atoms with Gasteiger partial charge in [0, 0.05) is 83.4 Å². The van der Waals surface area contributed by atoms with Gasteiger partial charge in [-0.05, 0) is 86.4 Å². The second-order valence-corrected chi connectivity index (χ2v) is 14.6. The largest absolute Gasteiger partial charge is 0.337 e. The van der Waals surface area contributed by atoms with Crippen molar-refractivity contribution in [1.29, 1.82) is 0 Å². The first-order valence-corrected chi connectivity index (χ1v) is 17.8. The number of hydrogen-bond donors (Lipinski definition) is 4. The van der Waals surface area contributed by atoms with Gasteiger partial charge in [0.2, 0.25) is 5.91 Å². The summed E-state index contributed by atoms with van der Waals surface area (Å²) in [5, 5.41) is 5.82. The highest BCUT2D eigenvalue weighted by Gasteiger charge is 2.36. The highest BCUT2D eigenvalue weighted by Crippen LogP contribution is 2.27. The first-order chi connectivity index (χ1) is 21.5. The van der Waals surface area contributed by atoms with Crippen molar-refractivity contribution in [2.75, 3.05) is 39.3 Å². The number of benzene rings is 2. The van der Waals surface area contributed by atoms with Crippen molar-refractivity contribution in [2.24, 2.45) is 23.1 Å². The Labute approximate surface area is 290 Å². The molecule has 11 heteroatoms. The molecule has 45 heavy (non-hydrogen) atoms. The predicted octanol–water partition coefficient (Wildman–Crippen LogP) is 6.17. The first kappa shape index (κ1) is 38.3. The molecule has 1 amide bonds. The van der Waals surface area contributed by atoms with Gasteiger partial charge >= 0.3 is 0 Å². The molecule has 0 radical (unpaired) electrons. The third-order valence-corrected chi connectivity index (χ3v) is 9.73. The Bertz CT molecular complexity index is 1200. The molecule has 4 atom stereocenters. The van der Waals surface area contributed by atoms with Crippen LogP contribution in [0.3, 0.4) is 0 Å². The SMILES string of the molecule is CC(C)C[C@@H]1CN(CC[C@@H](N)Cc2ccc(Cl)cc2Cl)[C@@H](CCCCNCCN)CN1C(=O)C[C@H](N)Cc1ccc(Cl)cc1Cl. The summed E-state index contributed by atoms with van der Waals surface area (Å²) in [5.74, 6) is 0.565. The number of unbranched alkanes of at least 4 members (excludes halogenated alkanes) is 1. The fraction of sp³-hybridized carbons (Fsp3) is 0.618. The Kier molecular flexibility index (Phi) is 16.7. The smallest absolute Gasteiger partial charge is 0.224 e. The van der Waals surface area contributed by atoms with Crippen LogP contribution in [0.1, 0.15) is 63.5 Å². The number of amides is 1. The predicted molar refractivity (Wildman–Crippen MR) is 192 cm³/mol. The van der Waals surface area contributed by atoms with E-state index >= 15 is 0 Å². The number of carbonyl (C=O) groups is 1. The van der Waals surface area contributed by atoms with Gasteiger partial charge in [0.05, 0.1) is 0 Å². The van der Waals surface area contributed by atoms with Crippen LogP contribution in [-0.2, 0) is 17.6 Å². The van der Waals surface area contributed by atoms with Crippen molar-refractivity contribution in [3.05, 3.63) is 67.6 Å². The molecule has 0 aliphatic carbocycles. The van der Waals surface area contributed by atoms with Crippen molar-refractivity contribution in [1.82, 2.24) is 15.1 Å². The van der Waals surface area contributed by atoms with Crippen LogP contribution in [-0.4, -0.2) is 79.1 Å². The van der Waals surface area contributed by atoms with Gasteiger partial charge in [-0.25, -0.2) is 0 Å². The number of nitrogens with one attached hydrogen (secondary N) is 1. The number of nitrogens with zero attached hydrogens (tertiary/aromatic N) is 2. The van der Waals surface area contributed by atoms with Crippen molar-refractivity contribution < 1.29 is 4.79 Å². The Balaban J connectivity index is 1.69. The van der Waals surface area contributed by atoms with E-state index in [0.29, 0.717) is 51.9 Å². The van der Waals surface area contributed by atoms with E-state index in [-0.39, 0.29) is 36.5 Å². The van der Waals surface area contributed by atoms with Gasteiger partial charge in [0.1, 0.15) is 0 Å². The molecule has 1 aliphatic heterocycles. The summed E-state index contributed by atoms with van der Waals surface area (Å²) in [6.45, 7) is 9.22. The number of piperazine rings is 1. The van der Waals surface area contributed by atoms with Crippen LogP contribution < -0.4 is 22.5 Å². The molecular weight excluding hydrogens is 650 g/mol.